The Kier molecular flexibility index (Phi) is 12.8. The smallest absolute Gasteiger partial charge is 0.408 e. The molecule has 0 unspecified atom stereocenters. The Morgan fingerprint density at radius 1 is 1.08 bits per heavy atom. The standard InChI is InChI=1S/C43H55N9O8S2/c1-26(2)52-33-19-13-17-30(37-45-32(25-61-37)27-15-14-20-44-23-27)35(33)47-40(52)59-29-21-34-36(53)48-43(39(55)49-62(57,58)50(6)7)22-28(43)16-11-9-8-10-12-18-31(38(54)51(34)24-29)46-41(56)60-42(3,4)5/h11,13-17,19-20,23,25-26,28-29,31,34H,8-10,12,18,21-22,24H2,1-7H3,(H,46,56)(H,48,53)(H,49,55)/b16-11-/t28-,29-,31+,34+,43-/m1/s1. The number of hydrogen-bond acceptors (Lipinski definition) is 12. The van der Waals surface area contributed by atoms with E-state index >= 15 is 0 Å². The van der Waals surface area contributed by atoms with Gasteiger partial charge in [0.1, 0.15) is 39.9 Å². The third kappa shape index (κ3) is 9.63. The average Bonchev–Trinajstić information content (AvgIpc) is 3.56. The number of alkyl carbamates (subject to hydrolysis) is 1. The number of amides is 4. The highest BCUT2D eigenvalue weighted by atomic mass is 32.2. The lowest BCUT2D eigenvalue weighted by Gasteiger charge is -2.30. The van der Waals surface area contributed by atoms with Gasteiger partial charge in [0.2, 0.25) is 11.8 Å². The molecule has 4 amide bonds. The zero-order chi connectivity index (χ0) is 44.6. The van der Waals surface area contributed by atoms with Crippen molar-refractivity contribution in [2.75, 3.05) is 20.6 Å². The molecular formula is C43H55N9O8S2. The van der Waals surface area contributed by atoms with Crippen molar-refractivity contribution in [1.29, 1.82) is 0 Å². The second-order valence-corrected chi connectivity index (χ2v) is 20.3. The number of thiazole rings is 1. The van der Waals surface area contributed by atoms with Crippen LogP contribution in [0.25, 0.3) is 32.9 Å². The van der Waals surface area contributed by atoms with Crippen LogP contribution in [0.15, 0.2) is 60.3 Å². The minimum Gasteiger partial charge on any atom is -0.459 e. The highest BCUT2D eigenvalue weighted by Crippen LogP contribution is 2.46. The van der Waals surface area contributed by atoms with Crippen LogP contribution in [0.5, 0.6) is 6.01 Å². The normalized spacial score (nSPS) is 24.1. The van der Waals surface area contributed by atoms with Gasteiger partial charge in [0.25, 0.3) is 11.9 Å². The van der Waals surface area contributed by atoms with E-state index in [2.05, 4.69) is 20.3 Å². The summed E-state index contributed by atoms with van der Waals surface area (Å²) in [7, 11) is -1.60. The first-order valence-corrected chi connectivity index (χ1v) is 23.3. The number of nitrogens with one attached hydrogen (secondary N) is 3. The first-order chi connectivity index (χ1) is 29.4. The maximum absolute atomic E-state index is 14.7. The van der Waals surface area contributed by atoms with Gasteiger partial charge < -0.3 is 25.0 Å². The van der Waals surface area contributed by atoms with Gasteiger partial charge in [0, 0.05) is 61.4 Å². The number of fused-ring (bicyclic) bond motifs is 3. The molecule has 62 heavy (non-hydrogen) atoms. The lowest BCUT2D eigenvalue weighted by atomic mass is 10.0. The zero-order valence-electron chi connectivity index (χ0n) is 36.1. The van der Waals surface area contributed by atoms with Crippen LogP contribution in [0.3, 0.4) is 0 Å². The molecule has 4 aromatic rings. The summed E-state index contributed by atoms with van der Waals surface area (Å²) >= 11 is 1.49. The van der Waals surface area contributed by atoms with E-state index in [1.54, 1.807) is 33.2 Å². The molecule has 1 aromatic carbocycles. The van der Waals surface area contributed by atoms with Crippen LogP contribution in [0.1, 0.15) is 85.6 Å². The predicted octanol–water partition coefficient (Wildman–Crippen LogP) is 5.36. The van der Waals surface area contributed by atoms with Crippen molar-refractivity contribution in [2.24, 2.45) is 5.92 Å². The van der Waals surface area contributed by atoms with Crippen LogP contribution < -0.4 is 20.1 Å². The molecule has 19 heteroatoms. The maximum atomic E-state index is 14.7. The maximum Gasteiger partial charge on any atom is 0.408 e. The van der Waals surface area contributed by atoms with Crippen molar-refractivity contribution < 1.29 is 37.1 Å². The Morgan fingerprint density at radius 2 is 1.87 bits per heavy atom. The van der Waals surface area contributed by atoms with Crippen LogP contribution in [0.4, 0.5) is 4.79 Å². The number of allylic oxidation sites excluding steroid dienone is 1. The summed E-state index contributed by atoms with van der Waals surface area (Å²) in [6.07, 6.45) is 8.99. The summed E-state index contributed by atoms with van der Waals surface area (Å²) in [6.45, 7) is 9.16. The van der Waals surface area contributed by atoms with E-state index in [1.165, 1.54) is 30.3 Å². The third-order valence-electron chi connectivity index (χ3n) is 11.2. The summed E-state index contributed by atoms with van der Waals surface area (Å²) < 4.78 is 42.8. The van der Waals surface area contributed by atoms with Gasteiger partial charge in [-0.3, -0.25) is 23.9 Å². The molecule has 1 aliphatic carbocycles. The van der Waals surface area contributed by atoms with Crippen molar-refractivity contribution in [2.45, 2.75) is 115 Å². The molecule has 3 aliphatic rings. The van der Waals surface area contributed by atoms with E-state index in [0.717, 1.165) is 44.5 Å². The molecular weight excluding hydrogens is 835 g/mol. The van der Waals surface area contributed by atoms with Crippen LogP contribution in [0, 0.1) is 5.92 Å². The lowest BCUT2D eigenvalue weighted by Crippen LogP contribution is -2.58. The number of imidazole rings is 1. The number of aromatic nitrogens is 4. The molecule has 17 nitrogen and oxygen atoms in total. The molecule has 1 saturated heterocycles. The minimum absolute atomic E-state index is 0.0139. The SMILES string of the molecule is CC(C)n1c(O[C@@H]2C[C@H]3C(=O)N[C@]4(C(=O)NS(=O)(=O)N(C)C)C[C@H]4/C=C\CCCCC[C@H](NC(=O)OC(C)(C)C)C(=O)N3C2)nc2c(-c3nc(-c4cccnc4)cs3)cccc21. The Hall–Kier alpha value is -5.40. The Bertz CT molecular complexity index is 2460. The Morgan fingerprint density at radius 3 is 2.58 bits per heavy atom. The summed E-state index contributed by atoms with van der Waals surface area (Å²) in [6, 6.07) is 7.65. The van der Waals surface area contributed by atoms with E-state index in [0.29, 0.717) is 24.8 Å². The number of carbonyl (C=O) groups is 4. The van der Waals surface area contributed by atoms with Crippen molar-refractivity contribution in [3.63, 3.8) is 0 Å². The van der Waals surface area contributed by atoms with Gasteiger partial charge in [0.05, 0.1) is 17.8 Å². The van der Waals surface area contributed by atoms with Gasteiger partial charge in [-0.05, 0) is 84.6 Å². The number of benzene rings is 1. The Labute approximate surface area is 365 Å². The molecule has 7 rings (SSSR count). The monoisotopic (exact) mass is 889 g/mol. The average molecular weight is 890 g/mol. The topological polar surface area (TPSA) is 207 Å². The van der Waals surface area contributed by atoms with Crippen molar-refractivity contribution in [3.8, 4) is 27.8 Å². The highest BCUT2D eigenvalue weighted by Gasteiger charge is 2.62. The fraction of sp³-hybridized carbons (Fsp3) is 0.512. The molecule has 5 heterocycles. The van der Waals surface area contributed by atoms with E-state index in [-0.39, 0.29) is 31.4 Å². The van der Waals surface area contributed by atoms with Crippen LogP contribution >= 0.6 is 11.3 Å². The summed E-state index contributed by atoms with van der Waals surface area (Å²) in [4.78, 5) is 71.8. The molecule has 0 radical (unpaired) electrons. The number of ether oxygens (including phenoxy) is 2. The quantitative estimate of drug-likeness (QED) is 0.182. The van der Waals surface area contributed by atoms with Gasteiger partial charge in [-0.25, -0.2) is 14.5 Å². The van der Waals surface area contributed by atoms with Crippen LogP contribution in [-0.2, 0) is 29.3 Å². The van der Waals surface area contributed by atoms with E-state index in [9.17, 15) is 27.6 Å². The molecule has 5 atom stereocenters. The van der Waals surface area contributed by atoms with Crippen LogP contribution in [-0.4, -0.2) is 111 Å². The van der Waals surface area contributed by atoms with E-state index < -0.39 is 69.3 Å². The molecule has 3 N–H and O–H groups in total. The predicted molar refractivity (Wildman–Crippen MR) is 234 cm³/mol. The fourth-order valence-electron chi connectivity index (χ4n) is 7.96. The molecule has 3 aromatic heterocycles. The molecule has 2 fully saturated rings. The second-order valence-electron chi connectivity index (χ2n) is 17.5. The van der Waals surface area contributed by atoms with Gasteiger partial charge in [0.15, 0.2) is 0 Å². The highest BCUT2D eigenvalue weighted by molar-refractivity contribution is 7.87. The number of carbonyl (C=O) groups excluding carboxylic acids is 4. The number of nitrogens with zero attached hydrogens (tertiary/aromatic N) is 6. The number of pyridine rings is 1. The van der Waals surface area contributed by atoms with E-state index in [1.807, 2.05) is 66.3 Å². The van der Waals surface area contributed by atoms with Gasteiger partial charge in [-0.15, -0.1) is 11.3 Å². The first-order valence-electron chi connectivity index (χ1n) is 20.9. The third-order valence-corrected chi connectivity index (χ3v) is 13.5. The lowest BCUT2D eigenvalue weighted by molar-refractivity contribution is -0.141. The summed E-state index contributed by atoms with van der Waals surface area (Å²) in [5, 5.41) is 8.38. The molecule has 2 aliphatic heterocycles. The molecule has 1 saturated carbocycles. The minimum atomic E-state index is -4.19. The molecule has 332 valence electrons. The van der Waals surface area contributed by atoms with Gasteiger partial charge >= 0.3 is 16.3 Å². The van der Waals surface area contributed by atoms with Crippen molar-refractivity contribution >= 4 is 56.4 Å². The van der Waals surface area contributed by atoms with Crippen molar-refractivity contribution in [1.82, 2.24) is 44.1 Å². The largest absolute Gasteiger partial charge is 0.459 e. The van der Waals surface area contributed by atoms with Crippen molar-refractivity contribution in [3.05, 3.63) is 60.3 Å². The molecule has 0 bridgehead atoms. The molecule has 0 spiro atoms. The van der Waals surface area contributed by atoms with Gasteiger partial charge in [-0.1, -0.05) is 31.1 Å². The number of hydrogen-bond donors (Lipinski definition) is 3. The zero-order valence-corrected chi connectivity index (χ0v) is 37.7. The van der Waals surface area contributed by atoms with E-state index in [4.69, 9.17) is 19.4 Å². The fourth-order valence-corrected chi connectivity index (χ4v) is 9.41. The second kappa shape index (κ2) is 17.8. The van der Waals surface area contributed by atoms with Crippen LogP contribution in [0.2, 0.25) is 0 Å². The summed E-state index contributed by atoms with van der Waals surface area (Å²) in [5.41, 5.74) is 1.56. The Balaban J connectivity index is 1.23. The van der Waals surface area contributed by atoms with Gasteiger partial charge in [-0.2, -0.15) is 17.7 Å². The summed E-state index contributed by atoms with van der Waals surface area (Å²) in [5.74, 6) is -2.52. The number of rotatable bonds is 9. The first kappa shape index (κ1) is 44.6. The number of para-hydroxylation sites is 1.